The number of carbonyl (C=O) groups excluding carboxylic acids is 2. The average molecular weight is 686 g/mol. The summed E-state index contributed by atoms with van der Waals surface area (Å²) in [6.07, 6.45) is 5.23. The van der Waals surface area contributed by atoms with Gasteiger partial charge in [-0.1, -0.05) is 96.9 Å². The van der Waals surface area contributed by atoms with Crippen LogP contribution in [0.15, 0.2) is 71.6 Å². The zero-order valence-electron chi connectivity index (χ0n) is 23.6. The molecule has 43 heavy (non-hydrogen) atoms. The lowest BCUT2D eigenvalue weighted by Crippen LogP contribution is -2.54. The quantitative estimate of drug-likeness (QED) is 0.224. The first-order valence-corrected chi connectivity index (χ1v) is 17.0. The Bertz CT molecular complexity index is 1550. The van der Waals surface area contributed by atoms with Gasteiger partial charge in [0.1, 0.15) is 12.6 Å². The first kappa shape index (κ1) is 33.4. The smallest absolute Gasteiger partial charge is 0.264 e. The minimum absolute atomic E-state index is 0.00514. The van der Waals surface area contributed by atoms with Crippen molar-refractivity contribution < 1.29 is 18.0 Å². The Morgan fingerprint density at radius 1 is 0.884 bits per heavy atom. The van der Waals surface area contributed by atoms with E-state index in [9.17, 15) is 18.0 Å². The van der Waals surface area contributed by atoms with Crippen LogP contribution in [0.3, 0.4) is 0 Å². The van der Waals surface area contributed by atoms with Gasteiger partial charge >= 0.3 is 0 Å². The molecule has 7 nitrogen and oxygen atoms in total. The molecule has 0 radical (unpaired) electrons. The highest BCUT2D eigenvalue weighted by Gasteiger charge is 2.35. The van der Waals surface area contributed by atoms with Gasteiger partial charge in [-0.2, -0.15) is 0 Å². The van der Waals surface area contributed by atoms with Crippen molar-refractivity contribution in [2.45, 2.75) is 69.0 Å². The molecule has 0 aliphatic heterocycles. The molecule has 3 aromatic rings. The van der Waals surface area contributed by atoms with E-state index < -0.39 is 28.5 Å². The highest BCUT2D eigenvalue weighted by Crippen LogP contribution is 2.33. The van der Waals surface area contributed by atoms with Crippen molar-refractivity contribution >= 4 is 73.9 Å². The molecule has 1 atom stereocenters. The third-order valence-corrected chi connectivity index (χ3v) is 10.5. The minimum Gasteiger partial charge on any atom is -0.352 e. The third-order valence-electron chi connectivity index (χ3n) is 7.46. The number of halogens is 4. The van der Waals surface area contributed by atoms with E-state index in [1.54, 1.807) is 36.4 Å². The Hall–Kier alpha value is -2.49. The van der Waals surface area contributed by atoms with E-state index in [1.807, 2.05) is 6.92 Å². The number of rotatable bonds is 11. The van der Waals surface area contributed by atoms with Gasteiger partial charge in [-0.25, -0.2) is 8.42 Å². The monoisotopic (exact) mass is 683 g/mol. The van der Waals surface area contributed by atoms with Crippen molar-refractivity contribution in [1.82, 2.24) is 10.2 Å². The van der Waals surface area contributed by atoms with Crippen LogP contribution in [-0.2, 0) is 26.2 Å². The van der Waals surface area contributed by atoms with Crippen molar-refractivity contribution in [3.05, 3.63) is 92.4 Å². The third kappa shape index (κ3) is 8.37. The first-order chi connectivity index (χ1) is 20.5. The van der Waals surface area contributed by atoms with Gasteiger partial charge in [-0.15, -0.1) is 0 Å². The van der Waals surface area contributed by atoms with Gasteiger partial charge in [0.2, 0.25) is 11.8 Å². The van der Waals surface area contributed by atoms with Gasteiger partial charge in [0.05, 0.1) is 25.7 Å². The van der Waals surface area contributed by atoms with Crippen LogP contribution >= 0.6 is 46.4 Å². The summed E-state index contributed by atoms with van der Waals surface area (Å²) in [5.74, 6) is -0.895. The van der Waals surface area contributed by atoms with Crippen molar-refractivity contribution in [2.24, 2.45) is 0 Å². The SMILES string of the molecule is CC[C@@H](C(=O)NC1CCCCC1)N(Cc1ccc(Cl)c(Cl)c1)C(=O)CN(c1cc(Cl)ccc1Cl)S(=O)(=O)c1ccccc1. The maximum absolute atomic E-state index is 14.3. The van der Waals surface area contributed by atoms with Crippen LogP contribution in [0.4, 0.5) is 5.69 Å². The Morgan fingerprint density at radius 2 is 1.56 bits per heavy atom. The standard InChI is InChI=1S/C31H33Cl4N3O4S/c1-2-28(31(40)36-23-9-5-3-6-10-23)37(19-21-13-15-25(33)27(35)17-21)30(39)20-38(29-18-22(32)14-16-26(29)34)43(41,42)24-11-7-4-8-12-24/h4,7-8,11-18,23,28H,2-3,5-6,9-10,19-20H2,1H3,(H,36,40)/t28-/m0/s1. The summed E-state index contributed by atoms with van der Waals surface area (Å²) < 4.78 is 28.9. The topological polar surface area (TPSA) is 86.8 Å². The number of benzene rings is 3. The fourth-order valence-corrected chi connectivity index (χ4v) is 7.41. The van der Waals surface area contributed by atoms with Crippen LogP contribution < -0.4 is 9.62 Å². The molecule has 2 amide bonds. The molecule has 0 saturated heterocycles. The molecule has 0 heterocycles. The van der Waals surface area contributed by atoms with E-state index in [4.69, 9.17) is 46.4 Å². The van der Waals surface area contributed by atoms with Crippen LogP contribution in [0.25, 0.3) is 0 Å². The number of hydrogen-bond acceptors (Lipinski definition) is 4. The number of carbonyl (C=O) groups is 2. The van der Waals surface area contributed by atoms with Crippen LogP contribution in [0.1, 0.15) is 51.0 Å². The maximum atomic E-state index is 14.3. The van der Waals surface area contributed by atoms with Gasteiger partial charge in [-0.3, -0.25) is 13.9 Å². The zero-order valence-corrected chi connectivity index (χ0v) is 27.5. The predicted octanol–water partition coefficient (Wildman–Crippen LogP) is 7.75. The van der Waals surface area contributed by atoms with Gasteiger partial charge < -0.3 is 10.2 Å². The second kappa shape index (κ2) is 15.0. The number of anilines is 1. The molecule has 3 aromatic carbocycles. The molecule has 1 fully saturated rings. The van der Waals surface area contributed by atoms with Crippen molar-refractivity contribution in [1.29, 1.82) is 0 Å². The van der Waals surface area contributed by atoms with Crippen LogP contribution in [0, 0.1) is 0 Å². The summed E-state index contributed by atoms with van der Waals surface area (Å²) in [6.45, 7) is 1.17. The fourth-order valence-electron chi connectivity index (χ4n) is 5.21. The molecule has 0 aromatic heterocycles. The molecule has 1 aliphatic rings. The molecule has 1 saturated carbocycles. The minimum atomic E-state index is -4.28. The Balaban J connectivity index is 1.74. The van der Waals surface area contributed by atoms with Crippen LogP contribution in [0.5, 0.6) is 0 Å². The molecule has 0 bridgehead atoms. The highest BCUT2D eigenvalue weighted by atomic mass is 35.5. The number of nitrogens with one attached hydrogen (secondary N) is 1. The van der Waals surface area contributed by atoms with Crippen LogP contribution in [-0.4, -0.2) is 43.8 Å². The van der Waals surface area contributed by atoms with Crippen molar-refractivity contribution in [2.75, 3.05) is 10.8 Å². The average Bonchev–Trinajstić information content (AvgIpc) is 2.99. The highest BCUT2D eigenvalue weighted by molar-refractivity contribution is 7.92. The van der Waals surface area contributed by atoms with Gasteiger partial charge in [0.25, 0.3) is 10.0 Å². The van der Waals surface area contributed by atoms with Crippen molar-refractivity contribution in [3.63, 3.8) is 0 Å². The largest absolute Gasteiger partial charge is 0.352 e. The summed E-state index contributed by atoms with van der Waals surface area (Å²) in [6, 6.07) is 16.2. The normalized spacial score (nSPS) is 14.6. The van der Waals surface area contributed by atoms with Crippen LogP contribution in [0.2, 0.25) is 20.1 Å². The molecule has 1 N–H and O–H groups in total. The summed E-state index contributed by atoms with van der Waals surface area (Å²) in [4.78, 5) is 29.3. The van der Waals surface area contributed by atoms with E-state index in [0.717, 1.165) is 36.4 Å². The van der Waals surface area contributed by atoms with E-state index in [-0.39, 0.29) is 39.1 Å². The fraction of sp³-hybridized carbons (Fsp3) is 0.355. The Kier molecular flexibility index (Phi) is 11.6. The van der Waals surface area contributed by atoms with E-state index >= 15 is 0 Å². The molecule has 230 valence electrons. The summed E-state index contributed by atoms with van der Waals surface area (Å²) in [7, 11) is -4.28. The molecule has 1 aliphatic carbocycles. The number of amides is 2. The lowest BCUT2D eigenvalue weighted by molar-refractivity contribution is -0.140. The zero-order chi connectivity index (χ0) is 31.1. The van der Waals surface area contributed by atoms with Gasteiger partial charge in [-0.05, 0) is 67.3 Å². The summed E-state index contributed by atoms with van der Waals surface area (Å²) >= 11 is 25.1. The number of hydrogen-bond donors (Lipinski definition) is 1. The summed E-state index contributed by atoms with van der Waals surface area (Å²) in [5.41, 5.74) is 0.672. The van der Waals surface area contributed by atoms with E-state index in [0.29, 0.717) is 22.0 Å². The Labute approximate surface area is 273 Å². The number of sulfonamides is 1. The maximum Gasteiger partial charge on any atom is 0.264 e. The first-order valence-electron chi connectivity index (χ1n) is 14.1. The summed E-state index contributed by atoms with van der Waals surface area (Å²) in [5, 5.41) is 4.10. The van der Waals surface area contributed by atoms with Gasteiger partial charge in [0, 0.05) is 17.6 Å². The molecule has 4 rings (SSSR count). The number of nitrogens with zero attached hydrogens (tertiary/aromatic N) is 2. The van der Waals surface area contributed by atoms with E-state index in [1.165, 1.54) is 35.2 Å². The molecular weight excluding hydrogens is 652 g/mol. The second-order valence-electron chi connectivity index (χ2n) is 10.5. The lowest BCUT2D eigenvalue weighted by atomic mass is 9.95. The molecule has 0 unspecified atom stereocenters. The van der Waals surface area contributed by atoms with Gasteiger partial charge in [0.15, 0.2) is 0 Å². The van der Waals surface area contributed by atoms with Crippen molar-refractivity contribution in [3.8, 4) is 0 Å². The Morgan fingerprint density at radius 3 is 2.21 bits per heavy atom. The van der Waals surface area contributed by atoms with E-state index in [2.05, 4.69) is 5.32 Å². The molecular formula is C31H33Cl4N3O4S. The molecule has 12 heteroatoms. The second-order valence-corrected chi connectivity index (χ2v) is 14.0. The molecule has 0 spiro atoms. The lowest BCUT2D eigenvalue weighted by Gasteiger charge is -2.34. The predicted molar refractivity (Wildman–Crippen MR) is 174 cm³/mol.